The lowest BCUT2D eigenvalue weighted by Gasteiger charge is -2.11. The van der Waals surface area contributed by atoms with Gasteiger partial charge in [-0.15, -0.1) is 0 Å². The van der Waals surface area contributed by atoms with Crippen LogP contribution in [0.3, 0.4) is 0 Å². The maximum atomic E-state index is 15.3. The molecule has 0 aliphatic heterocycles. The van der Waals surface area contributed by atoms with Crippen LogP contribution in [0.1, 0.15) is 15.9 Å². The van der Waals surface area contributed by atoms with Crippen molar-refractivity contribution in [3.63, 3.8) is 0 Å². The zero-order valence-electron chi connectivity index (χ0n) is 18.1. The first-order valence-corrected chi connectivity index (χ1v) is 11.4. The van der Waals surface area contributed by atoms with Crippen molar-refractivity contribution in [2.75, 3.05) is 4.72 Å². The lowest BCUT2D eigenvalue weighted by atomic mass is 10.0. The van der Waals surface area contributed by atoms with Crippen molar-refractivity contribution < 1.29 is 22.2 Å². The molecule has 2 N–H and O–H groups in total. The van der Waals surface area contributed by atoms with Crippen molar-refractivity contribution >= 4 is 33.5 Å². The Balaban J connectivity index is 1.52. The van der Waals surface area contributed by atoms with E-state index >= 15 is 4.39 Å². The van der Waals surface area contributed by atoms with Crippen molar-refractivity contribution in [3.05, 3.63) is 95.8 Å². The van der Waals surface area contributed by atoms with Gasteiger partial charge in [-0.3, -0.25) is 14.2 Å². The van der Waals surface area contributed by atoms with E-state index in [0.29, 0.717) is 16.6 Å². The summed E-state index contributed by atoms with van der Waals surface area (Å²) < 4.78 is 60.0. The molecule has 0 fully saturated rings. The zero-order chi connectivity index (χ0) is 24.7. The van der Waals surface area contributed by atoms with Crippen LogP contribution < -0.4 is 4.72 Å². The first kappa shape index (κ1) is 22.5. The van der Waals surface area contributed by atoms with Gasteiger partial charge in [0.05, 0.1) is 22.3 Å². The number of fused-ring (bicyclic) bond motifs is 1. The van der Waals surface area contributed by atoms with Gasteiger partial charge in [0.15, 0.2) is 5.82 Å². The van der Waals surface area contributed by atoms with Crippen LogP contribution in [0.4, 0.5) is 18.9 Å². The summed E-state index contributed by atoms with van der Waals surface area (Å²) in [5.41, 5.74) is 0.610. The number of nitrogens with one attached hydrogen (secondary N) is 2. The summed E-state index contributed by atoms with van der Waals surface area (Å²) in [6, 6.07) is 8.54. The summed E-state index contributed by atoms with van der Waals surface area (Å²) in [5, 5.41) is 4.48. The molecule has 0 spiro atoms. The van der Waals surface area contributed by atoms with Crippen LogP contribution in [-0.2, 0) is 18.0 Å². The minimum absolute atomic E-state index is 0.0134. The number of aryl methyl sites for hydroxylation is 1. The summed E-state index contributed by atoms with van der Waals surface area (Å²) in [7, 11) is -0.294. The quantitative estimate of drug-likeness (QED) is 0.333. The molecule has 1 unspecified atom stereocenters. The normalized spacial score (nSPS) is 12.1. The van der Waals surface area contributed by atoms with E-state index in [-0.39, 0.29) is 16.1 Å². The number of carbonyl (C=O) groups excluding carboxylic acids is 1. The number of nitrogens with zero attached hydrogens (tertiary/aromatic N) is 3. The van der Waals surface area contributed by atoms with E-state index in [1.165, 1.54) is 24.4 Å². The van der Waals surface area contributed by atoms with Gasteiger partial charge < -0.3 is 4.98 Å². The first-order chi connectivity index (χ1) is 16.8. The molecule has 7 nitrogen and oxygen atoms in total. The topological polar surface area (TPSA) is 92.7 Å². The van der Waals surface area contributed by atoms with Gasteiger partial charge in [0.25, 0.3) is 0 Å². The van der Waals surface area contributed by atoms with Crippen LogP contribution in [0, 0.1) is 17.5 Å². The molecule has 0 saturated heterocycles. The Labute approximate surface area is 199 Å². The Morgan fingerprint density at radius 1 is 1.09 bits per heavy atom. The number of carbonyl (C=O) groups is 1. The van der Waals surface area contributed by atoms with Gasteiger partial charge in [-0.1, -0.05) is 6.07 Å². The highest BCUT2D eigenvalue weighted by Crippen LogP contribution is 2.29. The third kappa shape index (κ3) is 4.21. The molecule has 0 aliphatic carbocycles. The number of H-pyrrole nitrogens is 1. The second-order valence-corrected chi connectivity index (χ2v) is 8.88. The SMILES string of the molecule is Cn1cc(-c2cnc3[nH]cc(C(=O)c4c(F)ccc(NS(=O)c5cccc(F)c5)c4F)c3c2)cn1. The summed E-state index contributed by atoms with van der Waals surface area (Å²) in [4.78, 5) is 20.4. The Bertz CT molecular complexity index is 1630. The van der Waals surface area contributed by atoms with Gasteiger partial charge in [0, 0.05) is 47.7 Å². The highest BCUT2D eigenvalue weighted by atomic mass is 32.2. The number of ketones is 1. The molecule has 35 heavy (non-hydrogen) atoms. The lowest BCUT2D eigenvalue weighted by molar-refractivity contribution is 0.103. The number of aromatic nitrogens is 4. The second kappa shape index (κ2) is 8.84. The molecule has 11 heteroatoms. The Morgan fingerprint density at radius 2 is 1.91 bits per heavy atom. The molecule has 3 heterocycles. The lowest BCUT2D eigenvalue weighted by Crippen LogP contribution is -2.12. The highest BCUT2D eigenvalue weighted by molar-refractivity contribution is 7.86. The monoisotopic (exact) mass is 495 g/mol. The number of benzene rings is 2. The number of hydrogen-bond acceptors (Lipinski definition) is 4. The van der Waals surface area contributed by atoms with Crippen LogP contribution >= 0.6 is 0 Å². The molecule has 5 rings (SSSR count). The number of hydrogen-bond donors (Lipinski definition) is 2. The average molecular weight is 495 g/mol. The molecule has 0 radical (unpaired) electrons. The molecule has 1 atom stereocenters. The minimum Gasteiger partial charge on any atom is -0.345 e. The molecular weight excluding hydrogens is 479 g/mol. The van der Waals surface area contributed by atoms with Crippen LogP contribution in [-0.4, -0.2) is 29.7 Å². The van der Waals surface area contributed by atoms with Crippen molar-refractivity contribution in [1.82, 2.24) is 19.7 Å². The van der Waals surface area contributed by atoms with Gasteiger partial charge in [-0.2, -0.15) is 5.10 Å². The fourth-order valence-corrected chi connectivity index (χ4v) is 4.53. The highest BCUT2D eigenvalue weighted by Gasteiger charge is 2.25. The predicted octanol–water partition coefficient (Wildman–Crippen LogP) is 4.75. The van der Waals surface area contributed by atoms with Crippen LogP contribution in [0.15, 0.2) is 72.1 Å². The number of rotatable bonds is 6. The molecule has 2 aromatic carbocycles. The van der Waals surface area contributed by atoms with E-state index in [1.54, 1.807) is 36.4 Å². The van der Waals surface area contributed by atoms with Gasteiger partial charge in [0.2, 0.25) is 5.78 Å². The van der Waals surface area contributed by atoms with E-state index in [0.717, 1.165) is 23.8 Å². The number of halogens is 3. The van der Waals surface area contributed by atoms with E-state index < -0.39 is 39.8 Å². The summed E-state index contributed by atoms with van der Waals surface area (Å²) in [6.45, 7) is 0. The van der Waals surface area contributed by atoms with Crippen LogP contribution in [0.2, 0.25) is 0 Å². The van der Waals surface area contributed by atoms with Crippen molar-refractivity contribution in [1.29, 1.82) is 0 Å². The summed E-state index contributed by atoms with van der Waals surface area (Å²) in [5.74, 6) is -3.84. The molecule has 0 amide bonds. The van der Waals surface area contributed by atoms with Gasteiger partial charge in [-0.25, -0.2) is 22.4 Å². The third-order valence-electron chi connectivity index (χ3n) is 5.34. The molecule has 0 aliphatic rings. The van der Waals surface area contributed by atoms with Crippen molar-refractivity contribution in [2.24, 2.45) is 7.05 Å². The molecule has 0 saturated carbocycles. The first-order valence-electron chi connectivity index (χ1n) is 10.2. The van der Waals surface area contributed by atoms with Gasteiger partial charge >= 0.3 is 0 Å². The minimum atomic E-state index is -2.05. The maximum absolute atomic E-state index is 15.3. The molecule has 3 aromatic heterocycles. The Kier molecular flexibility index (Phi) is 5.69. The smallest absolute Gasteiger partial charge is 0.201 e. The van der Waals surface area contributed by atoms with E-state index in [9.17, 15) is 17.8 Å². The zero-order valence-corrected chi connectivity index (χ0v) is 18.9. The third-order valence-corrected chi connectivity index (χ3v) is 6.43. The fraction of sp³-hybridized carbons (Fsp3) is 0.0417. The van der Waals surface area contributed by atoms with Crippen molar-refractivity contribution in [2.45, 2.75) is 4.90 Å². The Hall–Kier alpha value is -4.25. The fourth-order valence-electron chi connectivity index (χ4n) is 3.63. The van der Waals surface area contributed by atoms with Gasteiger partial charge in [-0.05, 0) is 36.4 Å². The second-order valence-electron chi connectivity index (χ2n) is 7.67. The summed E-state index contributed by atoms with van der Waals surface area (Å²) >= 11 is 0. The largest absolute Gasteiger partial charge is 0.345 e. The van der Waals surface area contributed by atoms with Crippen LogP contribution in [0.25, 0.3) is 22.2 Å². The Morgan fingerprint density at radius 3 is 2.66 bits per heavy atom. The molecule has 176 valence electrons. The number of aromatic amines is 1. The van der Waals surface area contributed by atoms with Crippen LogP contribution in [0.5, 0.6) is 0 Å². The van der Waals surface area contributed by atoms with Crippen molar-refractivity contribution in [3.8, 4) is 11.1 Å². The summed E-state index contributed by atoms with van der Waals surface area (Å²) in [6.07, 6.45) is 6.32. The van der Waals surface area contributed by atoms with E-state index in [2.05, 4.69) is 19.8 Å². The van der Waals surface area contributed by atoms with Gasteiger partial charge in [0.1, 0.15) is 28.3 Å². The number of pyridine rings is 1. The predicted molar refractivity (Wildman–Crippen MR) is 125 cm³/mol. The van der Waals surface area contributed by atoms with E-state index in [4.69, 9.17) is 0 Å². The maximum Gasteiger partial charge on any atom is 0.201 e. The standard InChI is InChI=1S/C24H16F3N5O2S/c1-32-12-14(10-30-32)13-7-17-18(11-29-24(17)28-9-13)23(33)21-19(26)5-6-20(22(21)27)31-35(34)16-4-2-3-15(25)8-16/h2-12,31H,1H3,(H,28,29). The molecular formula is C24H16F3N5O2S. The average Bonchev–Trinajstić information content (AvgIpc) is 3.46. The van der Waals surface area contributed by atoms with E-state index in [1.807, 2.05) is 0 Å². The molecule has 0 bridgehead atoms. The number of anilines is 1. The molecule has 5 aromatic rings.